The number of rotatable bonds is 2. The van der Waals surface area contributed by atoms with Gasteiger partial charge in [-0.3, -0.25) is 0 Å². The van der Waals surface area contributed by atoms with Crippen molar-refractivity contribution in [1.82, 2.24) is 0 Å². The number of hydrogen-bond donors (Lipinski definition) is 1. The second-order valence-corrected chi connectivity index (χ2v) is 6.92. The molecular formula is C16H21ClN2. The topological polar surface area (TPSA) is 35.8 Å². The van der Waals surface area contributed by atoms with E-state index in [2.05, 4.69) is 32.2 Å². The fraction of sp³-hybridized carbons (Fsp3) is 0.562. The van der Waals surface area contributed by atoms with E-state index in [-0.39, 0.29) is 0 Å². The molecule has 0 amide bonds. The van der Waals surface area contributed by atoms with Crippen LogP contribution >= 0.6 is 11.6 Å². The third kappa shape index (κ3) is 3.04. The summed E-state index contributed by atoms with van der Waals surface area (Å²) in [5.41, 5.74) is 0.788. The zero-order valence-corrected chi connectivity index (χ0v) is 12.6. The van der Waals surface area contributed by atoms with Gasteiger partial charge in [0.2, 0.25) is 0 Å². The van der Waals surface area contributed by atoms with Crippen molar-refractivity contribution in [3.05, 3.63) is 29.3 Å². The molecule has 1 aliphatic rings. The van der Waals surface area contributed by atoms with Gasteiger partial charge in [0, 0.05) is 10.7 Å². The van der Waals surface area contributed by atoms with E-state index in [0.717, 1.165) is 24.9 Å². The molecule has 2 unspecified atom stereocenters. The first-order chi connectivity index (χ1) is 8.87. The fourth-order valence-electron chi connectivity index (χ4n) is 3.09. The minimum absolute atomic E-state index is 0.320. The normalized spacial score (nSPS) is 29.5. The average molecular weight is 277 g/mol. The van der Waals surface area contributed by atoms with Crippen molar-refractivity contribution >= 4 is 17.3 Å². The summed E-state index contributed by atoms with van der Waals surface area (Å²) in [6.45, 7) is 6.73. The molecule has 0 aromatic heterocycles. The lowest BCUT2D eigenvalue weighted by molar-refractivity contribution is 0.146. The lowest BCUT2D eigenvalue weighted by Gasteiger charge is -2.45. The van der Waals surface area contributed by atoms with Gasteiger partial charge in [0.15, 0.2) is 0 Å². The van der Waals surface area contributed by atoms with Gasteiger partial charge in [-0.05, 0) is 48.8 Å². The molecule has 2 rings (SSSR count). The zero-order valence-electron chi connectivity index (χ0n) is 11.8. The molecule has 0 aliphatic heterocycles. The van der Waals surface area contributed by atoms with Gasteiger partial charge < -0.3 is 5.32 Å². The molecule has 0 radical (unpaired) electrons. The first kappa shape index (κ1) is 14.2. The first-order valence-corrected chi connectivity index (χ1v) is 7.20. The van der Waals surface area contributed by atoms with Crippen molar-refractivity contribution in [1.29, 1.82) is 5.26 Å². The van der Waals surface area contributed by atoms with Gasteiger partial charge in [0.1, 0.15) is 5.54 Å². The Bertz CT molecular complexity index is 504. The lowest BCUT2D eigenvalue weighted by Crippen LogP contribution is -2.48. The molecule has 0 bridgehead atoms. The molecular weight excluding hydrogens is 256 g/mol. The fourth-order valence-corrected chi connectivity index (χ4v) is 3.28. The Balaban J connectivity index is 2.23. The molecule has 2 atom stereocenters. The summed E-state index contributed by atoms with van der Waals surface area (Å²) in [5, 5.41) is 13.8. The van der Waals surface area contributed by atoms with E-state index < -0.39 is 5.54 Å². The highest BCUT2D eigenvalue weighted by Crippen LogP contribution is 2.45. The van der Waals surface area contributed by atoms with Crippen molar-refractivity contribution in [2.24, 2.45) is 11.3 Å². The van der Waals surface area contributed by atoms with Gasteiger partial charge in [-0.1, -0.05) is 38.4 Å². The summed E-state index contributed by atoms with van der Waals surface area (Å²) in [5.74, 6) is 0.320. The number of nitrogens with zero attached hydrogens (tertiary/aromatic N) is 1. The highest BCUT2D eigenvalue weighted by molar-refractivity contribution is 6.30. The molecule has 102 valence electrons. The monoisotopic (exact) mass is 276 g/mol. The Kier molecular flexibility index (Phi) is 3.78. The number of benzene rings is 1. The van der Waals surface area contributed by atoms with Crippen LogP contribution in [0.4, 0.5) is 5.69 Å². The highest BCUT2D eigenvalue weighted by atomic mass is 35.5. The van der Waals surface area contributed by atoms with E-state index in [1.807, 2.05) is 24.3 Å². The summed E-state index contributed by atoms with van der Waals surface area (Å²) >= 11 is 6.01. The molecule has 1 saturated carbocycles. The maximum atomic E-state index is 9.67. The average Bonchev–Trinajstić information content (AvgIpc) is 2.33. The van der Waals surface area contributed by atoms with Crippen LogP contribution < -0.4 is 5.32 Å². The molecule has 19 heavy (non-hydrogen) atoms. The number of nitriles is 1. The predicted molar refractivity (Wildman–Crippen MR) is 80.2 cm³/mol. The molecule has 1 N–H and O–H groups in total. The van der Waals surface area contributed by atoms with Crippen molar-refractivity contribution in [2.75, 3.05) is 5.32 Å². The van der Waals surface area contributed by atoms with Crippen LogP contribution in [0.15, 0.2) is 24.3 Å². The second kappa shape index (κ2) is 5.06. The van der Waals surface area contributed by atoms with Crippen LogP contribution in [0.5, 0.6) is 0 Å². The van der Waals surface area contributed by atoms with E-state index in [1.165, 1.54) is 0 Å². The van der Waals surface area contributed by atoms with Gasteiger partial charge in [-0.15, -0.1) is 0 Å². The Hall–Kier alpha value is -1.20. The standard InChI is InChI=1S/C16H21ClN2/c1-12-10-15(2,3)7-8-16(12,11-18)19-14-6-4-5-13(17)9-14/h4-6,9,12,19H,7-8,10H2,1-3H3. The summed E-state index contributed by atoms with van der Waals surface area (Å²) in [4.78, 5) is 0. The third-order valence-electron chi connectivity index (χ3n) is 4.29. The minimum atomic E-state index is -0.472. The second-order valence-electron chi connectivity index (χ2n) is 6.49. The van der Waals surface area contributed by atoms with Crippen LogP contribution in [0.1, 0.15) is 40.0 Å². The Morgan fingerprint density at radius 2 is 2.11 bits per heavy atom. The molecule has 0 heterocycles. The highest BCUT2D eigenvalue weighted by Gasteiger charge is 2.44. The number of nitrogens with one attached hydrogen (secondary N) is 1. The van der Waals surface area contributed by atoms with E-state index in [4.69, 9.17) is 11.6 Å². The van der Waals surface area contributed by atoms with E-state index in [9.17, 15) is 5.26 Å². The van der Waals surface area contributed by atoms with Crippen LogP contribution in [0.2, 0.25) is 5.02 Å². The van der Waals surface area contributed by atoms with Crippen LogP contribution in [-0.2, 0) is 0 Å². The van der Waals surface area contributed by atoms with Gasteiger partial charge in [-0.25, -0.2) is 0 Å². The van der Waals surface area contributed by atoms with E-state index in [0.29, 0.717) is 16.4 Å². The molecule has 0 spiro atoms. The molecule has 1 aromatic carbocycles. The molecule has 1 fully saturated rings. The summed E-state index contributed by atoms with van der Waals surface area (Å²) in [6.07, 6.45) is 3.01. The summed E-state index contributed by atoms with van der Waals surface area (Å²) in [7, 11) is 0. The van der Waals surface area contributed by atoms with Gasteiger partial charge >= 0.3 is 0 Å². The smallest absolute Gasteiger partial charge is 0.128 e. The molecule has 3 heteroatoms. The maximum Gasteiger partial charge on any atom is 0.128 e. The SMILES string of the molecule is CC1CC(C)(C)CCC1(C#N)Nc1cccc(Cl)c1. The molecule has 2 nitrogen and oxygen atoms in total. The maximum absolute atomic E-state index is 9.67. The van der Waals surface area contributed by atoms with Crippen molar-refractivity contribution in [3.63, 3.8) is 0 Å². The van der Waals surface area contributed by atoms with Gasteiger partial charge in [0.25, 0.3) is 0 Å². The Morgan fingerprint density at radius 1 is 1.37 bits per heavy atom. The Labute approximate surface area is 120 Å². The lowest BCUT2D eigenvalue weighted by atomic mass is 9.64. The molecule has 1 aromatic rings. The van der Waals surface area contributed by atoms with Gasteiger partial charge in [-0.2, -0.15) is 5.26 Å². The summed E-state index contributed by atoms with van der Waals surface area (Å²) < 4.78 is 0. The third-order valence-corrected chi connectivity index (χ3v) is 4.52. The zero-order chi connectivity index (χ0) is 14.1. The van der Waals surface area contributed by atoms with E-state index in [1.54, 1.807) is 0 Å². The number of hydrogen-bond acceptors (Lipinski definition) is 2. The van der Waals surface area contributed by atoms with Crippen LogP contribution in [0.25, 0.3) is 0 Å². The number of halogens is 1. The minimum Gasteiger partial charge on any atom is -0.367 e. The Morgan fingerprint density at radius 3 is 2.68 bits per heavy atom. The largest absolute Gasteiger partial charge is 0.367 e. The molecule has 1 aliphatic carbocycles. The van der Waals surface area contributed by atoms with Gasteiger partial charge in [0.05, 0.1) is 6.07 Å². The van der Waals surface area contributed by atoms with Crippen LogP contribution in [-0.4, -0.2) is 5.54 Å². The van der Waals surface area contributed by atoms with Crippen molar-refractivity contribution in [2.45, 2.75) is 45.6 Å². The quantitative estimate of drug-likeness (QED) is 0.837. The predicted octanol–water partition coefficient (Wildman–Crippen LogP) is 4.86. The summed E-state index contributed by atoms with van der Waals surface area (Å²) in [6, 6.07) is 10.1. The van der Waals surface area contributed by atoms with Crippen molar-refractivity contribution in [3.8, 4) is 6.07 Å². The van der Waals surface area contributed by atoms with E-state index >= 15 is 0 Å². The first-order valence-electron chi connectivity index (χ1n) is 6.82. The molecule has 0 saturated heterocycles. The van der Waals surface area contributed by atoms with Crippen LogP contribution in [0.3, 0.4) is 0 Å². The number of anilines is 1. The van der Waals surface area contributed by atoms with Crippen molar-refractivity contribution < 1.29 is 0 Å². The van der Waals surface area contributed by atoms with Crippen LogP contribution in [0, 0.1) is 22.7 Å².